The number of rotatable bonds is 8. The molecule has 1 fully saturated rings. The fourth-order valence-corrected chi connectivity index (χ4v) is 5.59. The van der Waals surface area contributed by atoms with Crippen molar-refractivity contribution in [2.24, 2.45) is 0 Å². The molecule has 4 rings (SSSR count). The van der Waals surface area contributed by atoms with Gasteiger partial charge >= 0.3 is 9.95 Å². The second-order valence-corrected chi connectivity index (χ2v) is 12.7. The van der Waals surface area contributed by atoms with E-state index in [2.05, 4.69) is 15.3 Å². The largest absolute Gasteiger partial charge is 0.478 e. The summed E-state index contributed by atoms with van der Waals surface area (Å²) in [4.78, 5) is 25.4. The first-order valence-corrected chi connectivity index (χ1v) is 14.6. The first-order chi connectivity index (χ1) is 19.2. The van der Waals surface area contributed by atoms with Gasteiger partial charge in [0.05, 0.1) is 56.0 Å². The van der Waals surface area contributed by atoms with Gasteiger partial charge < -0.3 is 15.2 Å². The van der Waals surface area contributed by atoms with Gasteiger partial charge in [-0.2, -0.15) is 5.10 Å². The Balaban J connectivity index is 1.52. The number of aromatic carboxylic acids is 1. The lowest BCUT2D eigenvalue weighted by molar-refractivity contribution is -0.0145. The summed E-state index contributed by atoms with van der Waals surface area (Å²) < 4.78 is 36.3. The quantitative estimate of drug-likeness (QED) is 0.141. The van der Waals surface area contributed by atoms with Crippen LogP contribution in [-0.2, 0) is 16.8 Å². The fourth-order valence-electron chi connectivity index (χ4n) is 4.71. The summed E-state index contributed by atoms with van der Waals surface area (Å²) in [5.74, 6) is -2.51. The minimum Gasteiger partial charge on any atom is -0.478 e. The zero-order valence-corrected chi connectivity index (χ0v) is 26.3. The van der Waals surface area contributed by atoms with Gasteiger partial charge in [0, 0.05) is 55.5 Å². The van der Waals surface area contributed by atoms with Crippen molar-refractivity contribution in [1.29, 1.82) is 0 Å². The van der Waals surface area contributed by atoms with Crippen LogP contribution in [0.1, 0.15) is 49.5 Å². The molecule has 0 amide bonds. The van der Waals surface area contributed by atoms with Gasteiger partial charge in [-0.25, -0.2) is 18.4 Å². The molecule has 0 saturated carbocycles. The minimum absolute atomic E-state index is 0.00528. The molecule has 0 spiro atoms. The molecule has 1 aliphatic rings. The van der Waals surface area contributed by atoms with Crippen LogP contribution in [0.15, 0.2) is 36.5 Å². The summed E-state index contributed by atoms with van der Waals surface area (Å²) in [6, 6.07) is 6.56. The molecule has 8 nitrogen and oxygen atoms in total. The van der Waals surface area contributed by atoms with Crippen LogP contribution in [0.3, 0.4) is 0 Å². The Bertz CT molecular complexity index is 1470. The normalized spacial score (nSPS) is 15.5. The lowest BCUT2D eigenvalue weighted by atomic mass is 9.90. The van der Waals surface area contributed by atoms with Gasteiger partial charge in [0.1, 0.15) is 17.2 Å². The lowest BCUT2D eigenvalue weighted by Gasteiger charge is -2.41. The predicted molar refractivity (Wildman–Crippen MR) is 162 cm³/mol. The molecule has 0 unspecified atom stereocenters. The number of carbonyl (C=O) groups excluding carboxylic acids is 1. The molecule has 2 N–H and O–H groups in total. The molecular formula is C28H29Cl2F2IN4O4. The van der Waals surface area contributed by atoms with Crippen molar-refractivity contribution in [3.8, 4) is 11.3 Å². The molecule has 0 bridgehead atoms. The van der Waals surface area contributed by atoms with Crippen molar-refractivity contribution < 1.29 is 28.2 Å². The Morgan fingerprint density at radius 3 is 2.39 bits per heavy atom. The highest BCUT2D eigenvalue weighted by molar-refractivity contribution is 14.1. The molecule has 0 atom stereocenters. The number of likely N-dealkylation sites (tertiary alicyclic amines) is 1. The molecule has 1 saturated heterocycles. The van der Waals surface area contributed by atoms with Crippen LogP contribution in [0.5, 0.6) is 0 Å². The van der Waals surface area contributed by atoms with Crippen molar-refractivity contribution in [3.63, 3.8) is 0 Å². The van der Waals surface area contributed by atoms with Crippen LogP contribution in [0.25, 0.3) is 11.3 Å². The number of aromatic nitrogens is 2. The lowest BCUT2D eigenvalue weighted by Crippen LogP contribution is -2.50. The average molecular weight is 721 g/mol. The Hall–Kier alpha value is -2.48. The average Bonchev–Trinajstić information content (AvgIpc) is 3.30. The third kappa shape index (κ3) is 7.49. The molecule has 220 valence electrons. The van der Waals surface area contributed by atoms with E-state index in [9.17, 15) is 23.5 Å². The van der Waals surface area contributed by atoms with E-state index in [4.69, 9.17) is 27.9 Å². The van der Waals surface area contributed by atoms with E-state index in [1.807, 2.05) is 27.0 Å². The Morgan fingerprint density at radius 1 is 1.12 bits per heavy atom. The summed E-state index contributed by atoms with van der Waals surface area (Å²) in [5, 5.41) is 16.8. The van der Waals surface area contributed by atoms with Crippen LogP contribution < -0.4 is 5.32 Å². The van der Waals surface area contributed by atoms with Crippen molar-refractivity contribution >= 4 is 61.4 Å². The SMILES string of the molecule is CC(C)(C)n1cc(CN2CCC(CNc3ccc(C(=O)O)c(Cl)c3)(OC(=O)I)CC2)c(-c2cc(F)c(Cl)cc2F)n1. The molecule has 0 aliphatic carbocycles. The van der Waals surface area contributed by atoms with Crippen molar-refractivity contribution in [2.45, 2.75) is 51.3 Å². The number of hydrogen-bond donors (Lipinski definition) is 2. The van der Waals surface area contributed by atoms with Crippen LogP contribution in [0, 0.1) is 11.6 Å². The second-order valence-electron chi connectivity index (χ2n) is 11.0. The van der Waals surface area contributed by atoms with Crippen molar-refractivity contribution in [3.05, 3.63) is 69.3 Å². The number of anilines is 1. The van der Waals surface area contributed by atoms with Crippen molar-refractivity contribution in [2.75, 3.05) is 25.0 Å². The van der Waals surface area contributed by atoms with Crippen LogP contribution in [0.2, 0.25) is 10.0 Å². The number of piperidine rings is 1. The maximum atomic E-state index is 14.9. The topological polar surface area (TPSA) is 96.7 Å². The van der Waals surface area contributed by atoms with Crippen LogP contribution in [-0.4, -0.2) is 55.0 Å². The van der Waals surface area contributed by atoms with E-state index < -0.39 is 32.7 Å². The summed E-state index contributed by atoms with van der Waals surface area (Å²) in [7, 11) is 0. The monoisotopic (exact) mass is 720 g/mol. The molecule has 2 aromatic carbocycles. The number of carboxylic acids is 1. The summed E-state index contributed by atoms with van der Waals surface area (Å²) in [5.41, 5.74) is 0.495. The highest BCUT2D eigenvalue weighted by Gasteiger charge is 2.38. The summed E-state index contributed by atoms with van der Waals surface area (Å²) in [6.45, 7) is 7.73. The van der Waals surface area contributed by atoms with E-state index in [-0.39, 0.29) is 21.2 Å². The first kappa shape index (κ1) is 31.5. The minimum atomic E-state index is -1.12. The first-order valence-electron chi connectivity index (χ1n) is 12.8. The number of hydrogen-bond acceptors (Lipinski definition) is 6. The smallest absolute Gasteiger partial charge is 0.367 e. The van der Waals surface area contributed by atoms with E-state index >= 15 is 0 Å². The van der Waals surface area contributed by atoms with E-state index in [0.29, 0.717) is 50.4 Å². The Kier molecular flexibility index (Phi) is 9.52. The fraction of sp³-hybridized carbons (Fsp3) is 0.393. The summed E-state index contributed by atoms with van der Waals surface area (Å²) >= 11 is 13.5. The van der Waals surface area contributed by atoms with Gasteiger partial charge in [0.15, 0.2) is 0 Å². The van der Waals surface area contributed by atoms with E-state index in [0.717, 1.165) is 17.7 Å². The third-order valence-corrected chi connectivity index (χ3v) is 7.84. The van der Waals surface area contributed by atoms with Gasteiger partial charge in [0.25, 0.3) is 0 Å². The number of ether oxygens (including phenoxy) is 1. The van der Waals surface area contributed by atoms with E-state index in [1.54, 1.807) is 33.3 Å². The highest BCUT2D eigenvalue weighted by Crippen LogP contribution is 2.34. The molecule has 1 aromatic heterocycles. The Labute approximate surface area is 260 Å². The molecule has 0 radical (unpaired) electrons. The van der Waals surface area contributed by atoms with Crippen molar-refractivity contribution in [1.82, 2.24) is 14.7 Å². The number of nitrogens with one attached hydrogen (secondary N) is 1. The molecule has 1 aliphatic heterocycles. The van der Waals surface area contributed by atoms with Gasteiger partial charge in [0.2, 0.25) is 0 Å². The Morgan fingerprint density at radius 2 is 1.80 bits per heavy atom. The number of nitrogens with zero attached hydrogens (tertiary/aromatic N) is 3. The number of carboxylic acid groups (broad SMARTS) is 1. The zero-order valence-electron chi connectivity index (χ0n) is 22.6. The molecular weight excluding hydrogens is 692 g/mol. The molecule has 13 heteroatoms. The van der Waals surface area contributed by atoms with Gasteiger partial charge in [-0.15, -0.1) is 0 Å². The second kappa shape index (κ2) is 12.4. The third-order valence-electron chi connectivity index (χ3n) is 7.01. The van der Waals surface area contributed by atoms with Gasteiger partial charge in [-0.05, 0) is 51.1 Å². The van der Waals surface area contributed by atoms with Crippen LogP contribution in [0.4, 0.5) is 19.3 Å². The van der Waals surface area contributed by atoms with E-state index in [1.165, 1.54) is 12.1 Å². The number of benzene rings is 2. The highest BCUT2D eigenvalue weighted by atomic mass is 127. The zero-order chi connectivity index (χ0) is 30.1. The maximum Gasteiger partial charge on any atom is 0.367 e. The summed E-state index contributed by atoms with van der Waals surface area (Å²) in [6.07, 6.45) is 2.85. The molecule has 3 aromatic rings. The standard InChI is InChI=1S/C28H29Cl2F2IN4O4/c1-27(2,3)37-14-16(24(35-37)19-11-23(32)21(30)12-22(19)31)13-36-8-6-28(7-9-36,41-26(33)40)15-34-17-4-5-18(25(38)39)20(29)10-17/h4-5,10-12,14,34H,6-9,13,15H2,1-3H3,(H,38,39). The molecule has 41 heavy (non-hydrogen) atoms. The van der Waals surface area contributed by atoms with Crippen LogP contribution >= 0.6 is 45.8 Å². The maximum absolute atomic E-state index is 14.9. The number of carbonyl (C=O) groups is 2. The van der Waals surface area contributed by atoms with Gasteiger partial charge in [-0.3, -0.25) is 9.58 Å². The molecule has 2 heterocycles. The number of halogens is 5. The van der Waals surface area contributed by atoms with Gasteiger partial charge in [-0.1, -0.05) is 23.2 Å². The predicted octanol–water partition coefficient (Wildman–Crippen LogP) is 7.61.